The molecule has 0 bridgehead atoms. The largest absolute Gasteiger partial charge is 1.00 e. The van der Waals surface area contributed by atoms with Crippen LogP contribution in [0.5, 0.6) is 0 Å². The molecule has 0 aliphatic rings. The third-order valence-corrected chi connectivity index (χ3v) is 1.41. The number of hydrogen-bond donors (Lipinski definition) is 0. The van der Waals surface area contributed by atoms with Crippen molar-refractivity contribution in [2.75, 3.05) is 0 Å². The summed E-state index contributed by atoms with van der Waals surface area (Å²) in [6.45, 7) is 1.40. The van der Waals surface area contributed by atoms with E-state index in [0.717, 1.165) is 0 Å². The van der Waals surface area contributed by atoms with E-state index in [0.29, 0.717) is 5.56 Å². The molecule has 0 saturated heterocycles. The zero-order chi connectivity index (χ0) is 8.97. The van der Waals surface area contributed by atoms with E-state index in [1.807, 2.05) is 0 Å². The minimum atomic E-state index is -0.148. The number of carbonyl (C=O) groups is 2. The molecule has 3 nitrogen and oxygen atoms in total. The second kappa shape index (κ2) is 6.02. The minimum absolute atomic E-state index is 0. The fraction of sp³-hybridized carbons (Fsp3) is 0.222. The summed E-state index contributed by atoms with van der Waals surface area (Å²) in [4.78, 5) is 25.6. The first-order chi connectivity index (χ1) is 5.70. The second-order valence-corrected chi connectivity index (χ2v) is 2.54. The maximum atomic E-state index is 11.2. The predicted molar refractivity (Wildman–Crippen MR) is 45.0 cm³/mol. The molecule has 0 radical (unpaired) electrons. The minimum Gasteiger partial charge on any atom is -1.00 e. The summed E-state index contributed by atoms with van der Waals surface area (Å²) in [6.07, 6.45) is 3.05. The molecule has 0 aliphatic heterocycles. The smallest absolute Gasteiger partial charge is 1.00 e. The molecule has 0 N–H and O–H groups in total. The van der Waals surface area contributed by atoms with E-state index >= 15 is 0 Å². The van der Waals surface area contributed by atoms with Crippen molar-refractivity contribution in [3.63, 3.8) is 0 Å². The number of ketones is 2. The Morgan fingerprint density at radius 3 is 2.38 bits per heavy atom. The molecule has 13 heavy (non-hydrogen) atoms. The van der Waals surface area contributed by atoms with Crippen LogP contribution in [0.15, 0.2) is 24.5 Å². The Bertz CT molecular complexity index is 303. The first-order valence-electron chi connectivity index (χ1n) is 3.63. The monoisotopic (exact) mass is 187 g/mol. The number of hydrogen-bond acceptors (Lipinski definition) is 3. The Balaban J connectivity index is 0. The second-order valence-electron chi connectivity index (χ2n) is 2.54. The van der Waals surface area contributed by atoms with E-state index in [4.69, 9.17) is 0 Å². The zero-order valence-corrected chi connectivity index (χ0v) is 9.78. The van der Waals surface area contributed by atoms with Crippen molar-refractivity contribution < 1.29 is 40.6 Å². The molecule has 1 aromatic rings. The topological polar surface area (TPSA) is 47.0 Å². The number of nitrogens with zero attached hydrogens (tertiary/aromatic N) is 1. The number of aromatic nitrogens is 1. The van der Waals surface area contributed by atoms with Gasteiger partial charge in [0, 0.05) is 18.0 Å². The standard InChI is InChI=1S/C9H9NO2.Na.H/c1-7(11)6-9(12)8-2-4-10-5-3-8;;/h2-5H,6H2,1H3;;/q;+1;-1. The molecule has 0 aliphatic carbocycles. The summed E-state index contributed by atoms with van der Waals surface area (Å²) in [5.41, 5.74) is 0.542. The molecule has 0 saturated carbocycles. The zero-order valence-electron chi connectivity index (χ0n) is 8.78. The van der Waals surface area contributed by atoms with Gasteiger partial charge < -0.3 is 1.43 Å². The molecule has 1 aromatic heterocycles. The number of rotatable bonds is 3. The van der Waals surface area contributed by atoms with Crippen molar-refractivity contribution in [1.82, 2.24) is 4.98 Å². The van der Waals surface area contributed by atoms with Crippen LogP contribution in [0.4, 0.5) is 0 Å². The quantitative estimate of drug-likeness (QED) is 0.324. The molecule has 1 rings (SSSR count). The number of pyridine rings is 1. The summed E-state index contributed by atoms with van der Waals surface area (Å²) in [6, 6.07) is 3.20. The van der Waals surface area contributed by atoms with Crippen LogP contribution in [0.1, 0.15) is 25.1 Å². The maximum Gasteiger partial charge on any atom is 1.00 e. The van der Waals surface area contributed by atoms with Crippen molar-refractivity contribution >= 4 is 11.6 Å². The molecule has 64 valence electrons. The number of Topliss-reactive ketones (excluding diaryl/α,β-unsaturated/α-hetero) is 2. The van der Waals surface area contributed by atoms with E-state index in [2.05, 4.69) is 4.98 Å². The average molecular weight is 187 g/mol. The fourth-order valence-corrected chi connectivity index (χ4v) is 0.866. The average Bonchev–Trinajstić information content (AvgIpc) is 2.05. The van der Waals surface area contributed by atoms with Gasteiger partial charge in [0.05, 0.1) is 6.42 Å². The van der Waals surface area contributed by atoms with Gasteiger partial charge in [-0.3, -0.25) is 14.6 Å². The third kappa shape index (κ3) is 4.31. The normalized spacial score (nSPS) is 8.69. The van der Waals surface area contributed by atoms with Crippen LogP contribution in [0.2, 0.25) is 0 Å². The Kier molecular flexibility index (Phi) is 5.79. The van der Waals surface area contributed by atoms with Gasteiger partial charge in [-0.1, -0.05) is 0 Å². The van der Waals surface area contributed by atoms with Crippen LogP contribution < -0.4 is 29.6 Å². The fourth-order valence-electron chi connectivity index (χ4n) is 0.866. The van der Waals surface area contributed by atoms with Gasteiger partial charge in [0.2, 0.25) is 0 Å². The molecule has 0 amide bonds. The number of carbonyl (C=O) groups excluding carboxylic acids is 2. The van der Waals surface area contributed by atoms with E-state index in [1.165, 1.54) is 19.3 Å². The van der Waals surface area contributed by atoms with Crippen molar-refractivity contribution in [2.45, 2.75) is 13.3 Å². The van der Waals surface area contributed by atoms with Gasteiger partial charge in [-0.05, 0) is 19.1 Å². The molecule has 1 heterocycles. The Morgan fingerprint density at radius 2 is 1.92 bits per heavy atom. The van der Waals surface area contributed by atoms with Crippen molar-refractivity contribution in [3.05, 3.63) is 30.1 Å². The predicted octanol–water partition coefficient (Wildman–Crippen LogP) is -1.64. The molecule has 4 heteroatoms. The van der Waals surface area contributed by atoms with E-state index in [1.54, 1.807) is 12.1 Å². The van der Waals surface area contributed by atoms with Gasteiger partial charge in [0.1, 0.15) is 5.78 Å². The SMILES string of the molecule is CC(=O)CC(=O)c1ccncc1.[H-].[Na+]. The van der Waals surface area contributed by atoms with Crippen LogP contribution in [0.3, 0.4) is 0 Å². The van der Waals surface area contributed by atoms with Crippen LogP contribution in [0.25, 0.3) is 0 Å². The third-order valence-electron chi connectivity index (χ3n) is 1.41. The van der Waals surface area contributed by atoms with Crippen LogP contribution in [-0.4, -0.2) is 16.6 Å². The molecule has 0 unspecified atom stereocenters. The molecule has 0 fully saturated rings. The summed E-state index contributed by atoms with van der Waals surface area (Å²) in [7, 11) is 0. The van der Waals surface area contributed by atoms with Crippen LogP contribution >= 0.6 is 0 Å². The Morgan fingerprint density at radius 1 is 1.38 bits per heavy atom. The van der Waals surface area contributed by atoms with Gasteiger partial charge in [-0.25, -0.2) is 0 Å². The van der Waals surface area contributed by atoms with Crippen LogP contribution in [-0.2, 0) is 4.79 Å². The van der Waals surface area contributed by atoms with Crippen molar-refractivity contribution in [2.24, 2.45) is 0 Å². The van der Waals surface area contributed by atoms with Gasteiger partial charge in [0.25, 0.3) is 0 Å². The van der Waals surface area contributed by atoms with Crippen molar-refractivity contribution in [3.8, 4) is 0 Å². The van der Waals surface area contributed by atoms with Gasteiger partial charge in [-0.15, -0.1) is 0 Å². The van der Waals surface area contributed by atoms with Gasteiger partial charge in [-0.2, -0.15) is 0 Å². The molecular weight excluding hydrogens is 177 g/mol. The summed E-state index contributed by atoms with van der Waals surface area (Å²) < 4.78 is 0. The molecule has 0 aromatic carbocycles. The summed E-state index contributed by atoms with van der Waals surface area (Å²) in [5.74, 6) is -0.262. The van der Waals surface area contributed by atoms with Gasteiger partial charge >= 0.3 is 29.6 Å². The first-order valence-corrected chi connectivity index (χ1v) is 3.63. The molecule has 0 spiro atoms. The Hall–Kier alpha value is -0.510. The van der Waals surface area contributed by atoms with E-state index in [-0.39, 0.29) is 49.0 Å². The van der Waals surface area contributed by atoms with E-state index in [9.17, 15) is 9.59 Å². The van der Waals surface area contributed by atoms with Crippen LogP contribution in [0, 0.1) is 0 Å². The molecular formula is C9H10NNaO2. The summed E-state index contributed by atoms with van der Waals surface area (Å²) in [5, 5.41) is 0. The first kappa shape index (κ1) is 12.5. The maximum absolute atomic E-state index is 11.2. The van der Waals surface area contributed by atoms with E-state index < -0.39 is 0 Å². The van der Waals surface area contributed by atoms with Crippen molar-refractivity contribution in [1.29, 1.82) is 0 Å². The van der Waals surface area contributed by atoms with Gasteiger partial charge in [0.15, 0.2) is 5.78 Å². The Labute approximate surface area is 100 Å². The summed E-state index contributed by atoms with van der Waals surface area (Å²) >= 11 is 0. The molecule has 0 atom stereocenters.